The van der Waals surface area contributed by atoms with Gasteiger partial charge in [-0.25, -0.2) is 13.4 Å². The van der Waals surface area contributed by atoms with E-state index in [0.29, 0.717) is 10.7 Å². The van der Waals surface area contributed by atoms with E-state index in [0.717, 1.165) is 20.8 Å². The first-order valence-corrected chi connectivity index (χ1v) is 13.2. The predicted molar refractivity (Wildman–Crippen MR) is 142 cm³/mol. The molecule has 6 nitrogen and oxygen atoms in total. The molecule has 0 saturated carbocycles. The summed E-state index contributed by atoms with van der Waals surface area (Å²) in [4.78, 5) is 17.8. The molecule has 0 radical (unpaired) electrons. The Balaban J connectivity index is 1.39. The molecule has 0 aliphatic heterocycles. The van der Waals surface area contributed by atoms with Crippen molar-refractivity contribution in [1.82, 2.24) is 4.98 Å². The van der Waals surface area contributed by atoms with Gasteiger partial charge in [0.1, 0.15) is 5.01 Å². The number of aromatic nitrogens is 1. The Bertz CT molecular complexity index is 1620. The minimum absolute atomic E-state index is 0.0423. The van der Waals surface area contributed by atoms with Gasteiger partial charge in [-0.15, -0.1) is 11.3 Å². The van der Waals surface area contributed by atoms with Gasteiger partial charge < -0.3 is 5.32 Å². The number of halogens is 1. The van der Waals surface area contributed by atoms with Crippen molar-refractivity contribution in [2.24, 2.45) is 0 Å². The fraction of sp³-hybridized carbons (Fsp3) is 0. The first kappa shape index (κ1) is 23.0. The number of para-hydroxylation sites is 2. The van der Waals surface area contributed by atoms with Crippen LogP contribution in [0.2, 0.25) is 5.02 Å². The molecule has 0 bridgehead atoms. The first-order chi connectivity index (χ1) is 16.9. The predicted octanol–water partition coefficient (Wildman–Crippen LogP) is 6.67. The van der Waals surface area contributed by atoms with Gasteiger partial charge in [-0.1, -0.05) is 48.0 Å². The zero-order valence-corrected chi connectivity index (χ0v) is 20.5. The van der Waals surface area contributed by atoms with E-state index in [9.17, 15) is 13.2 Å². The number of rotatable bonds is 6. The van der Waals surface area contributed by atoms with Crippen molar-refractivity contribution in [2.75, 3.05) is 10.0 Å². The standard InChI is InChI=1S/C26H18ClN3O3S2/c27-18-12-14-20(15-13-18)35(32,33)30-22-9-2-1-8-21(22)25(31)28-19-7-5-6-17(16-19)26-29-23-10-3-4-11-24(23)34-26/h1-16,30H,(H,28,31). The number of nitrogens with zero attached hydrogens (tertiary/aromatic N) is 1. The number of nitrogens with one attached hydrogen (secondary N) is 2. The van der Waals surface area contributed by atoms with E-state index in [-0.39, 0.29) is 16.1 Å². The average molecular weight is 520 g/mol. The normalized spacial score (nSPS) is 11.3. The third-order valence-electron chi connectivity index (χ3n) is 5.20. The van der Waals surface area contributed by atoms with Gasteiger partial charge in [-0.05, 0) is 60.7 Å². The maximum atomic E-state index is 13.1. The van der Waals surface area contributed by atoms with E-state index < -0.39 is 15.9 Å². The van der Waals surface area contributed by atoms with Crippen LogP contribution in [0.3, 0.4) is 0 Å². The average Bonchev–Trinajstić information content (AvgIpc) is 3.29. The Morgan fingerprint density at radius 1 is 0.857 bits per heavy atom. The lowest BCUT2D eigenvalue weighted by Crippen LogP contribution is -2.18. The molecule has 174 valence electrons. The monoisotopic (exact) mass is 519 g/mol. The van der Waals surface area contributed by atoms with Crippen molar-refractivity contribution in [2.45, 2.75) is 4.90 Å². The highest BCUT2D eigenvalue weighted by molar-refractivity contribution is 7.92. The van der Waals surface area contributed by atoms with Gasteiger partial charge >= 0.3 is 0 Å². The van der Waals surface area contributed by atoms with Crippen molar-refractivity contribution < 1.29 is 13.2 Å². The molecule has 0 aliphatic carbocycles. The summed E-state index contributed by atoms with van der Waals surface area (Å²) in [5.74, 6) is -0.444. The van der Waals surface area contributed by atoms with Gasteiger partial charge in [0.05, 0.1) is 26.4 Å². The number of carbonyl (C=O) groups excluding carboxylic acids is 1. The Kier molecular flexibility index (Phi) is 6.25. The highest BCUT2D eigenvalue weighted by Crippen LogP contribution is 2.31. The summed E-state index contributed by atoms with van der Waals surface area (Å²) in [7, 11) is -3.91. The molecule has 9 heteroatoms. The molecule has 1 amide bonds. The molecule has 0 saturated heterocycles. The van der Waals surface area contributed by atoms with E-state index in [2.05, 4.69) is 15.0 Å². The lowest BCUT2D eigenvalue weighted by Gasteiger charge is -2.13. The highest BCUT2D eigenvalue weighted by Gasteiger charge is 2.19. The van der Waals surface area contributed by atoms with Crippen LogP contribution in [0.25, 0.3) is 20.8 Å². The second kappa shape index (κ2) is 9.50. The van der Waals surface area contributed by atoms with Crippen molar-refractivity contribution >= 4 is 60.5 Å². The van der Waals surface area contributed by atoms with Gasteiger partial charge in [0.2, 0.25) is 0 Å². The second-order valence-electron chi connectivity index (χ2n) is 7.63. The van der Waals surface area contributed by atoms with E-state index in [1.54, 1.807) is 41.7 Å². The number of benzene rings is 4. The minimum Gasteiger partial charge on any atom is -0.322 e. The number of carbonyl (C=O) groups is 1. The molecule has 35 heavy (non-hydrogen) atoms. The zero-order valence-electron chi connectivity index (χ0n) is 18.1. The SMILES string of the molecule is O=C(Nc1cccc(-c2nc3ccccc3s2)c1)c1ccccc1NS(=O)(=O)c1ccc(Cl)cc1. The summed E-state index contributed by atoms with van der Waals surface area (Å²) in [6.07, 6.45) is 0. The van der Waals surface area contributed by atoms with Gasteiger partial charge in [-0.2, -0.15) is 0 Å². The maximum Gasteiger partial charge on any atom is 0.261 e. The Morgan fingerprint density at radius 3 is 2.40 bits per heavy atom. The summed E-state index contributed by atoms with van der Waals surface area (Å²) in [6, 6.07) is 27.5. The van der Waals surface area contributed by atoms with E-state index >= 15 is 0 Å². The van der Waals surface area contributed by atoms with E-state index in [1.807, 2.05) is 42.5 Å². The summed E-state index contributed by atoms with van der Waals surface area (Å²) < 4.78 is 29.2. The number of sulfonamides is 1. The van der Waals surface area contributed by atoms with Crippen LogP contribution in [0.15, 0.2) is 102 Å². The molecule has 0 spiro atoms. The minimum atomic E-state index is -3.91. The fourth-order valence-corrected chi connectivity index (χ4v) is 5.68. The number of thiazole rings is 1. The van der Waals surface area contributed by atoms with Crippen molar-refractivity contribution in [3.63, 3.8) is 0 Å². The van der Waals surface area contributed by atoms with Gasteiger partial charge in [-0.3, -0.25) is 9.52 Å². The molecule has 0 atom stereocenters. The molecule has 0 fully saturated rings. The molecule has 1 heterocycles. The maximum absolute atomic E-state index is 13.1. The van der Waals surface area contributed by atoms with Crippen LogP contribution in [0.1, 0.15) is 10.4 Å². The molecule has 0 aliphatic rings. The lowest BCUT2D eigenvalue weighted by molar-refractivity contribution is 0.102. The van der Waals surface area contributed by atoms with E-state index in [1.165, 1.54) is 24.3 Å². The Hall–Kier alpha value is -3.72. The molecular formula is C26H18ClN3O3S2. The van der Waals surface area contributed by atoms with Crippen LogP contribution in [-0.4, -0.2) is 19.3 Å². The smallest absolute Gasteiger partial charge is 0.261 e. The van der Waals surface area contributed by atoms with Crippen LogP contribution >= 0.6 is 22.9 Å². The molecule has 0 unspecified atom stereocenters. The summed E-state index contributed by atoms with van der Waals surface area (Å²) >= 11 is 7.44. The number of hydrogen-bond donors (Lipinski definition) is 2. The second-order valence-corrected chi connectivity index (χ2v) is 10.8. The van der Waals surface area contributed by atoms with Gasteiger partial charge in [0, 0.05) is 16.3 Å². The van der Waals surface area contributed by atoms with Crippen LogP contribution in [0.5, 0.6) is 0 Å². The summed E-state index contributed by atoms with van der Waals surface area (Å²) in [5, 5.41) is 4.13. The number of hydrogen-bond acceptors (Lipinski definition) is 5. The van der Waals surface area contributed by atoms with Crippen LogP contribution in [0.4, 0.5) is 11.4 Å². The summed E-state index contributed by atoms with van der Waals surface area (Å²) in [5.41, 5.74) is 2.73. The summed E-state index contributed by atoms with van der Waals surface area (Å²) in [6.45, 7) is 0. The lowest BCUT2D eigenvalue weighted by atomic mass is 10.1. The molecule has 1 aromatic heterocycles. The topological polar surface area (TPSA) is 88.2 Å². The number of anilines is 2. The van der Waals surface area contributed by atoms with Crippen LogP contribution in [0, 0.1) is 0 Å². The number of amides is 1. The highest BCUT2D eigenvalue weighted by atomic mass is 35.5. The molecule has 5 rings (SSSR count). The quantitative estimate of drug-likeness (QED) is 0.262. The molecule has 5 aromatic rings. The van der Waals surface area contributed by atoms with Crippen molar-refractivity contribution in [3.8, 4) is 10.6 Å². The molecule has 2 N–H and O–H groups in total. The van der Waals surface area contributed by atoms with E-state index in [4.69, 9.17) is 11.6 Å². The van der Waals surface area contributed by atoms with Crippen molar-refractivity contribution in [1.29, 1.82) is 0 Å². The Labute approximate surface area is 211 Å². The molecular weight excluding hydrogens is 502 g/mol. The fourth-order valence-electron chi connectivity index (χ4n) is 3.51. The van der Waals surface area contributed by atoms with Gasteiger partial charge in [0.25, 0.3) is 15.9 Å². The first-order valence-electron chi connectivity index (χ1n) is 10.5. The van der Waals surface area contributed by atoms with Crippen LogP contribution < -0.4 is 10.0 Å². The van der Waals surface area contributed by atoms with Crippen LogP contribution in [-0.2, 0) is 10.0 Å². The largest absolute Gasteiger partial charge is 0.322 e. The number of fused-ring (bicyclic) bond motifs is 1. The zero-order chi connectivity index (χ0) is 24.4. The third kappa shape index (κ3) is 5.05. The van der Waals surface area contributed by atoms with Crippen molar-refractivity contribution in [3.05, 3.63) is 108 Å². The Morgan fingerprint density at radius 2 is 1.60 bits per heavy atom. The molecule has 4 aromatic carbocycles. The third-order valence-corrected chi connectivity index (χ3v) is 7.92. The van der Waals surface area contributed by atoms with Gasteiger partial charge in [0.15, 0.2) is 0 Å².